The van der Waals surface area contributed by atoms with Gasteiger partial charge in [-0.15, -0.1) is 0 Å². The van der Waals surface area contributed by atoms with Crippen LogP contribution in [0.3, 0.4) is 0 Å². The zero-order valence-electron chi connectivity index (χ0n) is 12.2. The number of benzene rings is 1. The Balaban J connectivity index is 2.30. The van der Waals surface area contributed by atoms with E-state index in [1.807, 2.05) is 24.3 Å². The molecule has 0 fully saturated rings. The first-order chi connectivity index (χ1) is 10.2. The molecule has 0 aliphatic heterocycles. The molecule has 5 nitrogen and oxygen atoms in total. The summed E-state index contributed by atoms with van der Waals surface area (Å²) >= 11 is 0. The Morgan fingerprint density at radius 2 is 1.90 bits per heavy atom. The van der Waals surface area contributed by atoms with Crippen LogP contribution in [0.5, 0.6) is 0 Å². The number of aliphatic hydroxyl groups is 1. The van der Waals surface area contributed by atoms with E-state index in [4.69, 9.17) is 10.8 Å². The zero-order valence-corrected chi connectivity index (χ0v) is 12.2. The number of nitrogens with zero attached hydrogens (tertiary/aromatic N) is 2. The lowest BCUT2D eigenvalue weighted by atomic mass is 10.2. The van der Waals surface area contributed by atoms with Gasteiger partial charge in [-0.25, -0.2) is 0 Å². The van der Waals surface area contributed by atoms with E-state index in [9.17, 15) is 4.79 Å². The molecule has 1 aromatic carbocycles. The summed E-state index contributed by atoms with van der Waals surface area (Å²) in [7, 11) is 0. The van der Waals surface area contributed by atoms with Gasteiger partial charge in [0.15, 0.2) is 0 Å². The van der Waals surface area contributed by atoms with Crippen LogP contribution in [0.25, 0.3) is 5.69 Å². The molecule has 0 atom stereocenters. The molecule has 112 valence electrons. The highest BCUT2D eigenvalue weighted by molar-refractivity contribution is 5.51. The van der Waals surface area contributed by atoms with Gasteiger partial charge in [0.05, 0.1) is 12.3 Å². The summed E-state index contributed by atoms with van der Waals surface area (Å²) in [6.07, 6.45) is 2.71. The molecule has 0 amide bonds. The van der Waals surface area contributed by atoms with E-state index >= 15 is 0 Å². The average Bonchev–Trinajstić information content (AvgIpc) is 2.50. The van der Waals surface area contributed by atoms with Crippen molar-refractivity contribution in [2.75, 3.05) is 30.3 Å². The first kappa shape index (κ1) is 15.1. The highest BCUT2D eigenvalue weighted by Crippen LogP contribution is 2.17. The molecule has 21 heavy (non-hydrogen) atoms. The molecule has 3 N–H and O–H groups in total. The number of hydrogen-bond donors (Lipinski definition) is 2. The second kappa shape index (κ2) is 6.95. The lowest BCUT2D eigenvalue weighted by Crippen LogP contribution is -2.27. The van der Waals surface area contributed by atoms with E-state index in [1.54, 1.807) is 18.3 Å². The largest absolute Gasteiger partial charge is 0.395 e. The second-order valence-electron chi connectivity index (χ2n) is 4.87. The Hall–Kier alpha value is -2.27. The standard InChI is InChI=1S/C16H21N3O2/c1-2-9-18(11-12-20)13-5-7-14(8-6-13)19-10-3-4-15(17)16(19)21/h3-8,10,20H,2,9,11-12,17H2,1H3. The van der Waals surface area contributed by atoms with Crippen LogP contribution in [0.15, 0.2) is 47.4 Å². The first-order valence-corrected chi connectivity index (χ1v) is 7.10. The number of rotatable bonds is 6. The lowest BCUT2D eigenvalue weighted by molar-refractivity contribution is 0.302. The molecule has 0 aliphatic rings. The Morgan fingerprint density at radius 1 is 1.19 bits per heavy atom. The molecule has 0 saturated heterocycles. The summed E-state index contributed by atoms with van der Waals surface area (Å²) in [5, 5.41) is 9.12. The van der Waals surface area contributed by atoms with Crippen molar-refractivity contribution in [2.24, 2.45) is 0 Å². The predicted molar refractivity (Wildman–Crippen MR) is 86.0 cm³/mol. The summed E-state index contributed by atoms with van der Waals surface area (Å²) < 4.78 is 1.52. The zero-order chi connectivity index (χ0) is 15.2. The Morgan fingerprint density at radius 3 is 2.52 bits per heavy atom. The number of hydrogen-bond acceptors (Lipinski definition) is 4. The van der Waals surface area contributed by atoms with Crippen LogP contribution in [0, 0.1) is 0 Å². The van der Waals surface area contributed by atoms with Crippen molar-refractivity contribution < 1.29 is 5.11 Å². The Labute approximate surface area is 124 Å². The molecule has 1 aromatic heterocycles. The van der Waals surface area contributed by atoms with Crippen LogP contribution in [-0.4, -0.2) is 29.4 Å². The van der Waals surface area contributed by atoms with Gasteiger partial charge < -0.3 is 15.7 Å². The molecule has 5 heteroatoms. The van der Waals surface area contributed by atoms with E-state index in [2.05, 4.69) is 11.8 Å². The second-order valence-corrected chi connectivity index (χ2v) is 4.87. The molecular formula is C16H21N3O2. The maximum Gasteiger partial charge on any atom is 0.278 e. The Bertz CT molecular complexity index is 629. The predicted octanol–water partition coefficient (Wildman–Crippen LogP) is 1.63. The molecule has 0 saturated carbocycles. The van der Waals surface area contributed by atoms with E-state index in [0.29, 0.717) is 6.54 Å². The minimum atomic E-state index is -0.217. The highest BCUT2D eigenvalue weighted by atomic mass is 16.3. The van der Waals surface area contributed by atoms with Gasteiger partial charge in [0.1, 0.15) is 0 Å². The van der Waals surface area contributed by atoms with Crippen molar-refractivity contribution in [3.8, 4) is 5.69 Å². The maximum absolute atomic E-state index is 12.0. The number of pyridine rings is 1. The molecule has 0 radical (unpaired) electrons. The monoisotopic (exact) mass is 287 g/mol. The quantitative estimate of drug-likeness (QED) is 0.847. The molecule has 2 aromatic rings. The summed E-state index contributed by atoms with van der Waals surface area (Å²) in [6, 6.07) is 11.0. The van der Waals surface area contributed by atoms with Crippen LogP contribution >= 0.6 is 0 Å². The smallest absolute Gasteiger partial charge is 0.278 e. The molecule has 0 spiro atoms. The van der Waals surface area contributed by atoms with E-state index in [0.717, 1.165) is 24.3 Å². The number of anilines is 2. The van der Waals surface area contributed by atoms with E-state index < -0.39 is 0 Å². The van der Waals surface area contributed by atoms with Gasteiger partial charge in [0.2, 0.25) is 0 Å². The first-order valence-electron chi connectivity index (χ1n) is 7.10. The van der Waals surface area contributed by atoms with Crippen LogP contribution in [0.2, 0.25) is 0 Å². The topological polar surface area (TPSA) is 71.5 Å². The third kappa shape index (κ3) is 3.44. The van der Waals surface area contributed by atoms with Gasteiger partial charge in [0.25, 0.3) is 5.56 Å². The fourth-order valence-corrected chi connectivity index (χ4v) is 2.30. The van der Waals surface area contributed by atoms with Gasteiger partial charge in [0, 0.05) is 30.7 Å². The normalized spacial score (nSPS) is 10.6. The average molecular weight is 287 g/mol. The van der Waals surface area contributed by atoms with Gasteiger partial charge in [-0.3, -0.25) is 9.36 Å². The van der Waals surface area contributed by atoms with Crippen molar-refractivity contribution >= 4 is 11.4 Å². The summed E-state index contributed by atoms with van der Waals surface area (Å²) in [4.78, 5) is 14.1. The van der Waals surface area contributed by atoms with E-state index in [1.165, 1.54) is 4.57 Å². The van der Waals surface area contributed by atoms with Crippen molar-refractivity contribution in [3.05, 3.63) is 52.9 Å². The molecule has 0 aliphatic carbocycles. The molecular weight excluding hydrogens is 266 g/mol. The van der Waals surface area contributed by atoms with Crippen LogP contribution in [-0.2, 0) is 0 Å². The molecule has 0 bridgehead atoms. The Kier molecular flexibility index (Phi) is 5.00. The van der Waals surface area contributed by atoms with Crippen molar-refractivity contribution in [1.82, 2.24) is 4.57 Å². The van der Waals surface area contributed by atoms with Gasteiger partial charge in [-0.1, -0.05) is 6.92 Å². The third-order valence-electron chi connectivity index (χ3n) is 3.33. The summed E-state index contributed by atoms with van der Waals surface area (Å²) in [6.45, 7) is 3.71. The third-order valence-corrected chi connectivity index (χ3v) is 3.33. The summed E-state index contributed by atoms with van der Waals surface area (Å²) in [5.74, 6) is 0. The van der Waals surface area contributed by atoms with E-state index in [-0.39, 0.29) is 17.9 Å². The van der Waals surface area contributed by atoms with Crippen LogP contribution in [0.1, 0.15) is 13.3 Å². The minimum absolute atomic E-state index is 0.121. The number of nitrogens with two attached hydrogens (primary N) is 1. The van der Waals surface area contributed by atoms with Crippen LogP contribution in [0.4, 0.5) is 11.4 Å². The minimum Gasteiger partial charge on any atom is -0.395 e. The maximum atomic E-state index is 12.0. The van der Waals surface area contributed by atoms with Gasteiger partial charge in [-0.2, -0.15) is 0 Å². The number of aromatic nitrogens is 1. The fourth-order valence-electron chi connectivity index (χ4n) is 2.30. The van der Waals surface area contributed by atoms with Crippen molar-refractivity contribution in [3.63, 3.8) is 0 Å². The van der Waals surface area contributed by atoms with Gasteiger partial charge in [-0.05, 0) is 42.8 Å². The highest BCUT2D eigenvalue weighted by Gasteiger charge is 2.06. The van der Waals surface area contributed by atoms with Gasteiger partial charge >= 0.3 is 0 Å². The molecule has 2 rings (SSSR count). The SMILES string of the molecule is CCCN(CCO)c1ccc(-n2cccc(N)c2=O)cc1. The summed E-state index contributed by atoms with van der Waals surface area (Å²) in [5.41, 5.74) is 7.47. The lowest BCUT2D eigenvalue weighted by Gasteiger charge is -2.23. The van der Waals surface area contributed by atoms with Crippen molar-refractivity contribution in [1.29, 1.82) is 0 Å². The number of nitrogen functional groups attached to an aromatic ring is 1. The van der Waals surface area contributed by atoms with Crippen LogP contribution < -0.4 is 16.2 Å². The molecule has 0 unspecified atom stereocenters. The fraction of sp³-hybridized carbons (Fsp3) is 0.312. The number of aliphatic hydroxyl groups excluding tert-OH is 1. The van der Waals surface area contributed by atoms with Crippen molar-refractivity contribution in [2.45, 2.75) is 13.3 Å². The molecule has 1 heterocycles.